The molecule has 6 atom stereocenters. The minimum Gasteiger partial charge on any atom is -0.392 e. The van der Waals surface area contributed by atoms with Crippen LogP contribution in [0.5, 0.6) is 0 Å². The number of Topliss-reactive ketones (excluding diaryl/α,β-unsaturated/α-hetero) is 1. The molecule has 3 N–H and O–H groups in total. The molecule has 0 aromatic heterocycles. The van der Waals surface area contributed by atoms with Gasteiger partial charge < -0.3 is 20.1 Å². The Morgan fingerprint density at radius 2 is 2.00 bits per heavy atom. The number of carbonyl (C=O) groups is 1. The van der Waals surface area contributed by atoms with E-state index in [1.165, 1.54) is 0 Å². The zero-order chi connectivity index (χ0) is 19.4. The summed E-state index contributed by atoms with van der Waals surface area (Å²) < 4.78 is 5.26. The summed E-state index contributed by atoms with van der Waals surface area (Å²) in [4.78, 5) is 12.9. The summed E-state index contributed by atoms with van der Waals surface area (Å²) in [6.45, 7) is 7.63. The largest absolute Gasteiger partial charge is 0.392 e. The Bertz CT molecular complexity index is 659. The summed E-state index contributed by atoms with van der Waals surface area (Å²) in [6, 6.07) is 0. The van der Waals surface area contributed by atoms with Gasteiger partial charge in [0.15, 0.2) is 5.78 Å². The Balaban J connectivity index is 2.20. The third kappa shape index (κ3) is 2.80. The number of hydrogen-bond acceptors (Lipinski definition) is 5. The summed E-state index contributed by atoms with van der Waals surface area (Å²) in [5.74, 6) is -0.786. The normalized spacial score (nSPS) is 45.3. The van der Waals surface area contributed by atoms with Gasteiger partial charge in [-0.25, -0.2) is 0 Å². The van der Waals surface area contributed by atoms with E-state index in [9.17, 15) is 20.1 Å². The van der Waals surface area contributed by atoms with E-state index in [0.29, 0.717) is 18.4 Å². The molecule has 5 heteroatoms. The van der Waals surface area contributed by atoms with Gasteiger partial charge in [-0.1, -0.05) is 32.4 Å². The van der Waals surface area contributed by atoms with Crippen molar-refractivity contribution in [3.63, 3.8) is 0 Å². The molecule has 0 radical (unpaired) electrons. The summed E-state index contributed by atoms with van der Waals surface area (Å²) in [5, 5.41) is 33.1. The fourth-order valence-corrected chi connectivity index (χ4v) is 5.32. The first-order valence-corrected chi connectivity index (χ1v) is 9.66. The molecule has 3 rings (SSSR count). The highest BCUT2D eigenvalue weighted by Crippen LogP contribution is 2.52. The van der Waals surface area contributed by atoms with Crippen molar-refractivity contribution in [3.8, 4) is 0 Å². The van der Waals surface area contributed by atoms with Crippen molar-refractivity contribution in [2.45, 2.75) is 64.3 Å². The van der Waals surface area contributed by atoms with E-state index in [0.717, 1.165) is 17.6 Å². The van der Waals surface area contributed by atoms with Gasteiger partial charge in [-0.2, -0.15) is 0 Å². The number of ether oxygens (including phenoxy) is 1. The Morgan fingerprint density at radius 1 is 1.35 bits per heavy atom. The molecule has 0 aromatic carbocycles. The summed E-state index contributed by atoms with van der Waals surface area (Å²) in [5.41, 5.74) is -0.369. The maximum Gasteiger partial charge on any atom is 0.191 e. The van der Waals surface area contributed by atoms with Gasteiger partial charge in [0.2, 0.25) is 0 Å². The van der Waals surface area contributed by atoms with Crippen molar-refractivity contribution in [2.24, 2.45) is 23.7 Å². The van der Waals surface area contributed by atoms with Gasteiger partial charge in [-0.15, -0.1) is 0 Å². The Kier molecular flexibility index (Phi) is 4.98. The van der Waals surface area contributed by atoms with E-state index in [1.807, 2.05) is 26.8 Å². The Labute approximate surface area is 155 Å². The van der Waals surface area contributed by atoms with Gasteiger partial charge >= 0.3 is 0 Å². The lowest BCUT2D eigenvalue weighted by Crippen LogP contribution is -2.42. The van der Waals surface area contributed by atoms with Crippen LogP contribution in [0.25, 0.3) is 0 Å². The van der Waals surface area contributed by atoms with E-state index in [1.54, 1.807) is 14.0 Å². The standard InChI is InChI=1S/C21H32O5/c1-11(2)18-14-8-17(22)12(3)13-6-7-21(25,10-26-5)16(13)9-15(14)20(4,24)19(18)23/h9,11-13,15,17,22,24-25H,6-8,10H2,1-5H3/b16-9+/t12-,13+,15-,17+,20-,21+/m1/s1. The summed E-state index contributed by atoms with van der Waals surface area (Å²) in [7, 11) is 1.56. The number of aliphatic hydroxyl groups is 3. The van der Waals surface area contributed by atoms with Crippen molar-refractivity contribution < 1.29 is 24.9 Å². The second kappa shape index (κ2) is 6.55. The van der Waals surface area contributed by atoms with E-state index in [-0.39, 0.29) is 30.1 Å². The number of carbonyl (C=O) groups excluding carboxylic acids is 1. The molecule has 0 heterocycles. The number of rotatable bonds is 3. The predicted molar refractivity (Wildman–Crippen MR) is 98.4 cm³/mol. The number of methoxy groups -OCH3 is 1. The first-order chi connectivity index (χ1) is 12.0. The Morgan fingerprint density at radius 3 is 2.58 bits per heavy atom. The monoisotopic (exact) mass is 364 g/mol. The third-order valence-corrected chi connectivity index (χ3v) is 6.81. The fourth-order valence-electron chi connectivity index (χ4n) is 5.32. The molecule has 0 amide bonds. The number of ketones is 1. The van der Waals surface area contributed by atoms with Crippen LogP contribution in [0.15, 0.2) is 22.8 Å². The zero-order valence-corrected chi connectivity index (χ0v) is 16.5. The zero-order valence-electron chi connectivity index (χ0n) is 16.5. The molecule has 3 aliphatic carbocycles. The van der Waals surface area contributed by atoms with Crippen LogP contribution in [0.1, 0.15) is 47.0 Å². The van der Waals surface area contributed by atoms with Crippen molar-refractivity contribution >= 4 is 5.78 Å². The van der Waals surface area contributed by atoms with Gasteiger partial charge in [0.25, 0.3) is 0 Å². The first kappa shape index (κ1) is 19.7. The molecule has 3 aliphatic rings. The molecule has 5 nitrogen and oxygen atoms in total. The maximum atomic E-state index is 12.9. The minimum absolute atomic E-state index is 0.0217. The highest BCUT2D eigenvalue weighted by Gasteiger charge is 2.54. The lowest BCUT2D eigenvalue weighted by molar-refractivity contribution is -0.132. The van der Waals surface area contributed by atoms with E-state index in [4.69, 9.17) is 4.74 Å². The summed E-state index contributed by atoms with van der Waals surface area (Å²) >= 11 is 0. The average Bonchev–Trinajstić information content (AvgIpc) is 2.94. The molecule has 1 fully saturated rings. The van der Waals surface area contributed by atoms with Crippen molar-refractivity contribution in [1.82, 2.24) is 0 Å². The van der Waals surface area contributed by atoms with Gasteiger partial charge in [0.05, 0.1) is 12.7 Å². The van der Waals surface area contributed by atoms with Crippen LogP contribution < -0.4 is 0 Å². The second-order valence-electron chi connectivity index (χ2n) is 8.91. The van der Waals surface area contributed by atoms with Crippen molar-refractivity contribution in [3.05, 3.63) is 22.8 Å². The molecule has 0 spiro atoms. The van der Waals surface area contributed by atoms with E-state index >= 15 is 0 Å². The molecule has 0 bridgehead atoms. The highest BCUT2D eigenvalue weighted by molar-refractivity contribution is 6.06. The molecule has 26 heavy (non-hydrogen) atoms. The average molecular weight is 364 g/mol. The third-order valence-electron chi connectivity index (χ3n) is 6.81. The van der Waals surface area contributed by atoms with Crippen LogP contribution in [-0.4, -0.2) is 52.1 Å². The van der Waals surface area contributed by atoms with Crippen molar-refractivity contribution in [1.29, 1.82) is 0 Å². The van der Waals surface area contributed by atoms with Crippen LogP contribution in [0, 0.1) is 23.7 Å². The van der Waals surface area contributed by atoms with Crippen molar-refractivity contribution in [2.75, 3.05) is 13.7 Å². The smallest absolute Gasteiger partial charge is 0.191 e. The van der Waals surface area contributed by atoms with Gasteiger partial charge in [0.1, 0.15) is 11.2 Å². The fraction of sp³-hybridized carbons (Fsp3) is 0.762. The second-order valence-corrected chi connectivity index (χ2v) is 8.91. The lowest BCUT2D eigenvalue weighted by atomic mass is 9.73. The van der Waals surface area contributed by atoms with Crippen LogP contribution in [0.2, 0.25) is 0 Å². The minimum atomic E-state index is -1.54. The van der Waals surface area contributed by atoms with Gasteiger partial charge in [-0.05, 0) is 49.5 Å². The van der Waals surface area contributed by atoms with Gasteiger partial charge in [-0.3, -0.25) is 4.79 Å². The number of hydrogen-bond donors (Lipinski definition) is 3. The van der Waals surface area contributed by atoms with Crippen LogP contribution in [0.3, 0.4) is 0 Å². The van der Waals surface area contributed by atoms with Gasteiger partial charge in [0, 0.05) is 18.6 Å². The molecule has 0 aromatic rings. The molecule has 0 saturated heterocycles. The molecule has 1 saturated carbocycles. The van der Waals surface area contributed by atoms with E-state index < -0.39 is 23.2 Å². The topological polar surface area (TPSA) is 87.0 Å². The van der Waals surface area contributed by atoms with Crippen LogP contribution in [-0.2, 0) is 9.53 Å². The molecular weight excluding hydrogens is 332 g/mol. The number of fused-ring (bicyclic) bond motifs is 2. The molecule has 0 aliphatic heterocycles. The molecule has 146 valence electrons. The highest BCUT2D eigenvalue weighted by atomic mass is 16.5. The Hall–Kier alpha value is -1.01. The quantitative estimate of drug-likeness (QED) is 0.667. The number of aliphatic hydroxyl groups excluding tert-OH is 1. The predicted octanol–water partition coefficient (Wildman–Crippen LogP) is 2.00. The van der Waals surface area contributed by atoms with Crippen LogP contribution >= 0.6 is 0 Å². The molecule has 0 unspecified atom stereocenters. The maximum absolute atomic E-state index is 12.9. The van der Waals surface area contributed by atoms with Crippen LogP contribution in [0.4, 0.5) is 0 Å². The van der Waals surface area contributed by atoms with E-state index in [2.05, 4.69) is 0 Å². The SMILES string of the molecule is COC[C@@]1(O)CC[C@@H]2/C1=C\[C@@H]1C(=C(C(C)C)C(=O)[C@]1(C)O)C[C@H](O)[C@@H]2C. The molecular formula is C21H32O5. The summed E-state index contributed by atoms with van der Waals surface area (Å²) in [6.07, 6.45) is 3.03. The lowest BCUT2D eigenvalue weighted by Gasteiger charge is -2.36. The first-order valence-electron chi connectivity index (χ1n) is 9.66.